The van der Waals surface area contributed by atoms with Crippen molar-refractivity contribution in [3.05, 3.63) is 95.3 Å². The van der Waals surface area contributed by atoms with Gasteiger partial charge in [0.1, 0.15) is 5.69 Å². The molecule has 2 aromatic carbocycles. The number of anilines is 1. The maximum Gasteiger partial charge on any atom is 0.272 e. The van der Waals surface area contributed by atoms with E-state index in [0.717, 1.165) is 16.8 Å². The van der Waals surface area contributed by atoms with Crippen molar-refractivity contribution in [1.82, 2.24) is 9.88 Å². The van der Waals surface area contributed by atoms with Crippen LogP contribution in [-0.2, 0) is 6.54 Å². The average molecular weight is 359 g/mol. The third-order valence-electron chi connectivity index (χ3n) is 4.24. The van der Waals surface area contributed by atoms with Crippen molar-refractivity contribution < 1.29 is 9.59 Å². The van der Waals surface area contributed by atoms with Crippen LogP contribution in [0.2, 0.25) is 0 Å². The summed E-state index contributed by atoms with van der Waals surface area (Å²) in [5, 5.41) is 2.87. The Balaban J connectivity index is 1.73. The van der Waals surface area contributed by atoms with Gasteiger partial charge in [0.05, 0.1) is 0 Å². The molecule has 0 aliphatic heterocycles. The minimum atomic E-state index is -0.272. The second kappa shape index (κ2) is 8.27. The Kier molecular flexibility index (Phi) is 5.61. The van der Waals surface area contributed by atoms with Gasteiger partial charge in [0.2, 0.25) is 0 Å². The van der Waals surface area contributed by atoms with Crippen molar-refractivity contribution in [2.24, 2.45) is 0 Å². The van der Waals surface area contributed by atoms with Crippen LogP contribution in [0.15, 0.2) is 72.9 Å². The molecule has 0 spiro atoms. The van der Waals surface area contributed by atoms with E-state index in [9.17, 15) is 9.59 Å². The van der Waals surface area contributed by atoms with Crippen LogP contribution in [-0.4, -0.2) is 28.7 Å². The quantitative estimate of drug-likeness (QED) is 0.751. The second-order valence-electron chi connectivity index (χ2n) is 6.35. The van der Waals surface area contributed by atoms with Crippen LogP contribution in [0.4, 0.5) is 5.69 Å². The van der Waals surface area contributed by atoms with Crippen LogP contribution in [0.3, 0.4) is 0 Å². The lowest BCUT2D eigenvalue weighted by Crippen LogP contribution is -2.27. The van der Waals surface area contributed by atoms with Crippen molar-refractivity contribution in [2.75, 3.05) is 12.4 Å². The fourth-order valence-corrected chi connectivity index (χ4v) is 2.72. The van der Waals surface area contributed by atoms with Gasteiger partial charge in [-0.05, 0) is 36.2 Å². The van der Waals surface area contributed by atoms with Gasteiger partial charge in [-0.25, -0.2) is 0 Å². The molecule has 0 unspecified atom stereocenters. The molecule has 1 heterocycles. The molecule has 0 atom stereocenters. The molecule has 0 aliphatic carbocycles. The minimum Gasteiger partial charge on any atom is -0.336 e. The van der Waals surface area contributed by atoms with Crippen molar-refractivity contribution in [3.8, 4) is 0 Å². The molecular formula is C22H21N3O2. The van der Waals surface area contributed by atoms with Gasteiger partial charge in [-0.3, -0.25) is 14.6 Å². The highest BCUT2D eigenvalue weighted by atomic mass is 16.2. The predicted octanol–water partition coefficient (Wildman–Crippen LogP) is 3.91. The van der Waals surface area contributed by atoms with Crippen LogP contribution in [0.5, 0.6) is 0 Å². The number of nitrogens with zero attached hydrogens (tertiary/aromatic N) is 2. The number of rotatable bonds is 5. The molecule has 3 aromatic rings. The lowest BCUT2D eigenvalue weighted by molar-refractivity contribution is 0.0779. The van der Waals surface area contributed by atoms with Gasteiger partial charge < -0.3 is 10.2 Å². The molecule has 27 heavy (non-hydrogen) atoms. The second-order valence-corrected chi connectivity index (χ2v) is 6.35. The Morgan fingerprint density at radius 2 is 1.70 bits per heavy atom. The van der Waals surface area contributed by atoms with Crippen molar-refractivity contribution in [3.63, 3.8) is 0 Å². The standard InChI is InChI=1S/C22H21N3O2/c1-16-8-6-7-11-19(16)24-21(26)18-12-13-23-20(14-18)22(27)25(2)15-17-9-4-3-5-10-17/h3-14H,15H2,1-2H3,(H,24,26). The summed E-state index contributed by atoms with van der Waals surface area (Å²) < 4.78 is 0. The first-order chi connectivity index (χ1) is 13.0. The first kappa shape index (κ1) is 18.3. The topological polar surface area (TPSA) is 62.3 Å². The third-order valence-corrected chi connectivity index (χ3v) is 4.24. The molecule has 5 heteroatoms. The molecule has 5 nitrogen and oxygen atoms in total. The molecule has 0 bridgehead atoms. The van der Waals surface area contributed by atoms with Crippen LogP contribution < -0.4 is 5.32 Å². The zero-order valence-electron chi connectivity index (χ0n) is 15.3. The zero-order valence-corrected chi connectivity index (χ0v) is 15.3. The Hall–Kier alpha value is -3.47. The summed E-state index contributed by atoms with van der Waals surface area (Å²) in [7, 11) is 1.72. The molecule has 0 aliphatic rings. The highest BCUT2D eigenvalue weighted by Crippen LogP contribution is 2.15. The van der Waals surface area contributed by atoms with Gasteiger partial charge in [0.25, 0.3) is 11.8 Å². The number of aromatic nitrogens is 1. The van der Waals surface area contributed by atoms with Crippen molar-refractivity contribution >= 4 is 17.5 Å². The predicted molar refractivity (Wildman–Crippen MR) is 106 cm³/mol. The molecule has 136 valence electrons. The number of carbonyl (C=O) groups is 2. The largest absolute Gasteiger partial charge is 0.336 e. The van der Waals surface area contributed by atoms with E-state index >= 15 is 0 Å². The Morgan fingerprint density at radius 1 is 1.00 bits per heavy atom. The summed E-state index contributed by atoms with van der Waals surface area (Å²) >= 11 is 0. The van der Waals surface area contributed by atoms with Crippen LogP contribution in [0, 0.1) is 6.92 Å². The molecule has 1 N–H and O–H groups in total. The number of benzene rings is 2. The van der Waals surface area contributed by atoms with E-state index < -0.39 is 0 Å². The molecule has 0 saturated heterocycles. The number of nitrogens with one attached hydrogen (secondary N) is 1. The number of carbonyl (C=O) groups excluding carboxylic acids is 2. The summed E-state index contributed by atoms with van der Waals surface area (Å²) in [6, 6.07) is 20.4. The van der Waals surface area contributed by atoms with E-state index in [4.69, 9.17) is 0 Å². The fourth-order valence-electron chi connectivity index (χ4n) is 2.72. The van der Waals surface area contributed by atoms with Crippen LogP contribution in [0.25, 0.3) is 0 Å². The first-order valence-electron chi connectivity index (χ1n) is 8.67. The van der Waals surface area contributed by atoms with E-state index in [-0.39, 0.29) is 17.5 Å². The van der Waals surface area contributed by atoms with Gasteiger partial charge in [0.15, 0.2) is 0 Å². The number of hydrogen-bond acceptors (Lipinski definition) is 3. The minimum absolute atomic E-state index is 0.232. The molecule has 1 aromatic heterocycles. The number of pyridine rings is 1. The Labute approximate surface area is 158 Å². The van der Waals surface area contributed by atoms with Crippen LogP contribution >= 0.6 is 0 Å². The molecule has 0 radical (unpaired) electrons. The van der Waals surface area contributed by atoms with Gasteiger partial charge in [0, 0.05) is 31.0 Å². The van der Waals surface area contributed by atoms with E-state index in [1.54, 1.807) is 18.0 Å². The number of amides is 2. The number of aryl methyl sites for hydroxylation is 1. The lowest BCUT2D eigenvalue weighted by Gasteiger charge is -2.17. The van der Waals surface area contributed by atoms with Crippen molar-refractivity contribution in [2.45, 2.75) is 13.5 Å². The lowest BCUT2D eigenvalue weighted by atomic mass is 10.1. The summed E-state index contributed by atoms with van der Waals surface area (Å²) in [5.74, 6) is -0.504. The summed E-state index contributed by atoms with van der Waals surface area (Å²) in [4.78, 5) is 30.9. The molecule has 0 saturated carbocycles. The smallest absolute Gasteiger partial charge is 0.272 e. The summed E-state index contributed by atoms with van der Waals surface area (Å²) in [6.45, 7) is 2.40. The maximum absolute atomic E-state index is 12.7. The number of para-hydroxylation sites is 1. The molecular weight excluding hydrogens is 338 g/mol. The van der Waals surface area contributed by atoms with Gasteiger partial charge in [-0.1, -0.05) is 48.5 Å². The molecule has 3 rings (SSSR count). The highest BCUT2D eigenvalue weighted by Gasteiger charge is 2.16. The van der Waals surface area contributed by atoms with E-state index in [1.807, 2.05) is 61.5 Å². The van der Waals surface area contributed by atoms with Gasteiger partial charge in [-0.2, -0.15) is 0 Å². The molecule has 2 amide bonds. The fraction of sp³-hybridized carbons (Fsp3) is 0.136. The highest BCUT2D eigenvalue weighted by molar-refractivity contribution is 6.06. The normalized spacial score (nSPS) is 10.3. The van der Waals surface area contributed by atoms with E-state index in [2.05, 4.69) is 10.3 Å². The first-order valence-corrected chi connectivity index (χ1v) is 8.67. The maximum atomic E-state index is 12.7. The van der Waals surface area contributed by atoms with E-state index in [0.29, 0.717) is 12.1 Å². The SMILES string of the molecule is Cc1ccccc1NC(=O)c1ccnc(C(=O)N(C)Cc2ccccc2)c1. The average Bonchev–Trinajstić information content (AvgIpc) is 2.70. The number of hydrogen-bond donors (Lipinski definition) is 1. The zero-order chi connectivity index (χ0) is 19.2. The summed E-state index contributed by atoms with van der Waals surface area (Å²) in [6.07, 6.45) is 1.48. The van der Waals surface area contributed by atoms with Crippen molar-refractivity contribution in [1.29, 1.82) is 0 Å². The Morgan fingerprint density at radius 3 is 2.44 bits per heavy atom. The third kappa shape index (κ3) is 4.58. The Bertz CT molecular complexity index is 955. The van der Waals surface area contributed by atoms with Gasteiger partial charge in [-0.15, -0.1) is 0 Å². The summed E-state index contributed by atoms with van der Waals surface area (Å²) in [5.41, 5.74) is 3.38. The van der Waals surface area contributed by atoms with E-state index in [1.165, 1.54) is 12.3 Å². The molecule has 0 fully saturated rings. The monoisotopic (exact) mass is 359 g/mol. The van der Waals surface area contributed by atoms with Gasteiger partial charge >= 0.3 is 0 Å². The van der Waals surface area contributed by atoms with Crippen LogP contribution in [0.1, 0.15) is 32.0 Å².